The van der Waals surface area contributed by atoms with Gasteiger partial charge in [0.2, 0.25) is 0 Å². The number of likely N-dealkylation sites (tertiary alicyclic amines) is 1. The lowest BCUT2D eigenvalue weighted by Gasteiger charge is -2.30. The molecule has 1 atom stereocenters. The second-order valence-corrected chi connectivity index (χ2v) is 5.49. The minimum absolute atomic E-state index is 0.267. The lowest BCUT2D eigenvalue weighted by Crippen LogP contribution is -2.38. The molecular formula is C13H15Cl2NO2. The fourth-order valence-electron chi connectivity index (χ4n) is 2.31. The molecule has 0 amide bonds. The Hall–Kier alpha value is -0.770. The first-order chi connectivity index (χ1) is 8.56. The number of piperidine rings is 1. The van der Waals surface area contributed by atoms with E-state index in [0.29, 0.717) is 23.1 Å². The molecule has 1 saturated heterocycles. The van der Waals surface area contributed by atoms with Crippen molar-refractivity contribution in [1.82, 2.24) is 4.90 Å². The third-order valence-electron chi connectivity index (χ3n) is 3.26. The zero-order valence-electron chi connectivity index (χ0n) is 9.90. The van der Waals surface area contributed by atoms with Crippen LogP contribution in [0, 0.1) is 5.92 Å². The average Bonchev–Trinajstić information content (AvgIpc) is 2.34. The summed E-state index contributed by atoms with van der Waals surface area (Å²) < 4.78 is 0. The molecule has 0 aliphatic carbocycles. The molecular weight excluding hydrogens is 273 g/mol. The van der Waals surface area contributed by atoms with Crippen LogP contribution in [-0.2, 0) is 11.3 Å². The van der Waals surface area contributed by atoms with Gasteiger partial charge in [-0.25, -0.2) is 0 Å². The summed E-state index contributed by atoms with van der Waals surface area (Å²) in [5.74, 6) is -0.978. The van der Waals surface area contributed by atoms with Crippen molar-refractivity contribution in [3.05, 3.63) is 33.8 Å². The van der Waals surface area contributed by atoms with Crippen LogP contribution in [0.4, 0.5) is 0 Å². The fourth-order valence-corrected chi connectivity index (χ4v) is 2.68. The van der Waals surface area contributed by atoms with Gasteiger partial charge >= 0.3 is 5.97 Å². The molecule has 0 saturated carbocycles. The lowest BCUT2D eigenvalue weighted by atomic mass is 9.98. The Morgan fingerprint density at radius 1 is 1.44 bits per heavy atom. The van der Waals surface area contributed by atoms with Crippen LogP contribution in [0.1, 0.15) is 18.4 Å². The van der Waals surface area contributed by atoms with Crippen LogP contribution < -0.4 is 0 Å². The summed E-state index contributed by atoms with van der Waals surface area (Å²) in [6, 6.07) is 5.37. The Kier molecular flexibility index (Phi) is 4.49. The highest BCUT2D eigenvalue weighted by Crippen LogP contribution is 2.24. The Bertz CT molecular complexity index is 451. The molecule has 1 aliphatic rings. The second kappa shape index (κ2) is 5.91. The zero-order chi connectivity index (χ0) is 13.1. The predicted octanol–water partition coefficient (Wildman–Crippen LogP) is 3.29. The highest BCUT2D eigenvalue weighted by Gasteiger charge is 2.25. The molecule has 0 aromatic heterocycles. The molecule has 0 unspecified atom stereocenters. The van der Waals surface area contributed by atoms with Gasteiger partial charge in [0.05, 0.1) is 5.92 Å². The van der Waals surface area contributed by atoms with Gasteiger partial charge in [0.1, 0.15) is 0 Å². The molecule has 1 heterocycles. The van der Waals surface area contributed by atoms with Gasteiger partial charge in [-0.2, -0.15) is 0 Å². The Balaban J connectivity index is 2.04. The molecule has 98 valence electrons. The summed E-state index contributed by atoms with van der Waals surface area (Å²) in [5, 5.41) is 10.4. The molecule has 0 bridgehead atoms. The van der Waals surface area contributed by atoms with Crippen molar-refractivity contribution in [2.45, 2.75) is 19.4 Å². The van der Waals surface area contributed by atoms with E-state index >= 15 is 0 Å². The van der Waals surface area contributed by atoms with Crippen LogP contribution >= 0.6 is 23.2 Å². The molecule has 1 fully saturated rings. The summed E-state index contributed by atoms with van der Waals surface area (Å²) in [6.45, 7) is 2.15. The van der Waals surface area contributed by atoms with Crippen molar-refractivity contribution in [2.75, 3.05) is 13.1 Å². The van der Waals surface area contributed by atoms with E-state index in [1.54, 1.807) is 12.1 Å². The number of hydrogen-bond acceptors (Lipinski definition) is 2. The van der Waals surface area contributed by atoms with Crippen molar-refractivity contribution < 1.29 is 9.90 Å². The number of carboxylic acids is 1. The summed E-state index contributed by atoms with van der Waals surface area (Å²) in [7, 11) is 0. The van der Waals surface area contributed by atoms with E-state index in [9.17, 15) is 4.79 Å². The van der Waals surface area contributed by atoms with Gasteiger partial charge in [0.25, 0.3) is 0 Å². The van der Waals surface area contributed by atoms with Crippen molar-refractivity contribution in [1.29, 1.82) is 0 Å². The van der Waals surface area contributed by atoms with Crippen molar-refractivity contribution in [3.8, 4) is 0 Å². The van der Waals surface area contributed by atoms with E-state index in [4.69, 9.17) is 28.3 Å². The standard InChI is InChI=1S/C13H15Cl2NO2/c14-11-3-4-12(15)10(6-11)8-16-5-1-2-9(7-16)13(17)18/h3-4,6,9H,1-2,5,7-8H2,(H,17,18)/t9-/m1/s1. The largest absolute Gasteiger partial charge is 0.481 e. The van der Waals surface area contributed by atoms with E-state index in [2.05, 4.69) is 4.90 Å². The molecule has 2 rings (SSSR count). The fraction of sp³-hybridized carbons (Fsp3) is 0.462. The van der Waals surface area contributed by atoms with E-state index in [1.165, 1.54) is 0 Å². The van der Waals surface area contributed by atoms with Crippen LogP contribution in [0.5, 0.6) is 0 Å². The number of carbonyl (C=O) groups is 1. The summed E-state index contributed by atoms with van der Waals surface area (Å²) in [6.07, 6.45) is 1.67. The van der Waals surface area contributed by atoms with Crippen LogP contribution in [0.15, 0.2) is 18.2 Å². The first-order valence-corrected chi connectivity index (χ1v) is 6.71. The maximum atomic E-state index is 11.0. The summed E-state index contributed by atoms with van der Waals surface area (Å²) in [4.78, 5) is 13.1. The molecule has 3 nitrogen and oxygen atoms in total. The molecule has 1 aliphatic heterocycles. The molecule has 0 spiro atoms. The average molecular weight is 288 g/mol. The minimum Gasteiger partial charge on any atom is -0.481 e. The molecule has 1 aromatic rings. The third kappa shape index (κ3) is 3.37. The highest BCUT2D eigenvalue weighted by atomic mass is 35.5. The van der Waals surface area contributed by atoms with Gasteiger partial charge in [-0.3, -0.25) is 9.69 Å². The SMILES string of the molecule is O=C(O)[C@@H]1CCCN(Cc2cc(Cl)ccc2Cl)C1. The minimum atomic E-state index is -0.711. The third-order valence-corrected chi connectivity index (χ3v) is 3.86. The maximum absolute atomic E-state index is 11.0. The quantitative estimate of drug-likeness (QED) is 0.927. The topological polar surface area (TPSA) is 40.5 Å². The van der Waals surface area contributed by atoms with E-state index in [1.807, 2.05) is 6.07 Å². The van der Waals surface area contributed by atoms with Gasteiger partial charge in [-0.1, -0.05) is 23.2 Å². The molecule has 0 radical (unpaired) electrons. The smallest absolute Gasteiger partial charge is 0.307 e. The normalized spacial score (nSPS) is 20.9. The molecule has 18 heavy (non-hydrogen) atoms. The number of rotatable bonds is 3. The van der Waals surface area contributed by atoms with Crippen molar-refractivity contribution in [2.24, 2.45) is 5.92 Å². The number of nitrogens with zero attached hydrogens (tertiary/aromatic N) is 1. The van der Waals surface area contributed by atoms with Gasteiger partial charge in [0.15, 0.2) is 0 Å². The predicted molar refractivity (Wildman–Crippen MR) is 72.1 cm³/mol. The lowest BCUT2D eigenvalue weighted by molar-refractivity contribution is -0.143. The van der Waals surface area contributed by atoms with Crippen LogP contribution in [0.3, 0.4) is 0 Å². The van der Waals surface area contributed by atoms with E-state index < -0.39 is 5.97 Å². The molecule has 1 aromatic carbocycles. The van der Waals surface area contributed by atoms with Crippen LogP contribution in [0.2, 0.25) is 10.0 Å². The maximum Gasteiger partial charge on any atom is 0.307 e. The Morgan fingerprint density at radius 3 is 2.94 bits per heavy atom. The number of hydrogen-bond donors (Lipinski definition) is 1. The zero-order valence-corrected chi connectivity index (χ0v) is 11.4. The van der Waals surface area contributed by atoms with Crippen molar-refractivity contribution in [3.63, 3.8) is 0 Å². The van der Waals surface area contributed by atoms with Gasteiger partial charge in [-0.15, -0.1) is 0 Å². The Morgan fingerprint density at radius 2 is 2.22 bits per heavy atom. The molecule has 5 heteroatoms. The van der Waals surface area contributed by atoms with Gasteiger partial charge in [0, 0.05) is 23.1 Å². The highest BCUT2D eigenvalue weighted by molar-refractivity contribution is 6.33. The number of halogens is 2. The Labute approximate surface area is 116 Å². The first-order valence-electron chi connectivity index (χ1n) is 5.95. The van der Waals surface area contributed by atoms with Crippen molar-refractivity contribution >= 4 is 29.2 Å². The van der Waals surface area contributed by atoms with Gasteiger partial charge < -0.3 is 5.11 Å². The molecule has 1 N–H and O–H groups in total. The van der Waals surface area contributed by atoms with Gasteiger partial charge in [-0.05, 0) is 43.1 Å². The number of carboxylic acid groups (broad SMARTS) is 1. The van der Waals surface area contributed by atoms with E-state index in [0.717, 1.165) is 24.9 Å². The second-order valence-electron chi connectivity index (χ2n) is 4.65. The van der Waals surface area contributed by atoms with Crippen LogP contribution in [0.25, 0.3) is 0 Å². The first kappa shape index (κ1) is 13.7. The van der Waals surface area contributed by atoms with E-state index in [-0.39, 0.29) is 5.92 Å². The monoisotopic (exact) mass is 287 g/mol. The number of benzene rings is 1. The number of aliphatic carboxylic acids is 1. The summed E-state index contributed by atoms with van der Waals surface area (Å²) in [5.41, 5.74) is 0.954. The van der Waals surface area contributed by atoms with Crippen LogP contribution in [-0.4, -0.2) is 29.1 Å². The summed E-state index contributed by atoms with van der Waals surface area (Å²) >= 11 is 12.1.